The molecule has 0 aromatic heterocycles. The second kappa shape index (κ2) is 7.57. The summed E-state index contributed by atoms with van der Waals surface area (Å²) in [5, 5.41) is 12.4. The Labute approximate surface area is 188 Å². The number of aliphatic hydroxyl groups is 1. The van der Waals surface area contributed by atoms with Gasteiger partial charge in [0.1, 0.15) is 18.8 Å². The molecule has 1 N–H and O–H groups in total. The van der Waals surface area contributed by atoms with Crippen LogP contribution in [0.25, 0.3) is 0 Å². The van der Waals surface area contributed by atoms with Gasteiger partial charge in [-0.05, 0) is 73.7 Å². The summed E-state index contributed by atoms with van der Waals surface area (Å²) in [5.41, 5.74) is -0.508. The van der Waals surface area contributed by atoms with Crippen LogP contribution in [0.15, 0.2) is 11.6 Å². The number of carbonyl (C=O) groups excluding carboxylic acids is 3. The van der Waals surface area contributed by atoms with Crippen molar-refractivity contribution in [2.24, 2.45) is 34.5 Å². The van der Waals surface area contributed by atoms with Gasteiger partial charge < -0.3 is 19.3 Å². The van der Waals surface area contributed by atoms with Crippen LogP contribution in [0.2, 0.25) is 0 Å². The molecular weight excluding hydrogens is 412 g/mol. The highest BCUT2D eigenvalue weighted by molar-refractivity contribution is 5.85. The molecule has 1 heterocycles. The first kappa shape index (κ1) is 21.9. The van der Waals surface area contributed by atoms with Gasteiger partial charge in [-0.1, -0.05) is 13.8 Å². The smallest absolute Gasteiger partial charge is 0.331 e. The molecule has 1 aliphatic heterocycles. The highest BCUT2D eigenvalue weighted by atomic mass is 16.5. The van der Waals surface area contributed by atoms with Gasteiger partial charge in [-0.2, -0.15) is 0 Å². The summed E-state index contributed by atoms with van der Waals surface area (Å²) in [7, 11) is 0. The van der Waals surface area contributed by atoms with Crippen molar-refractivity contribution in [1.29, 1.82) is 0 Å². The van der Waals surface area contributed by atoms with Crippen molar-refractivity contribution in [2.75, 3.05) is 6.61 Å². The van der Waals surface area contributed by atoms with Gasteiger partial charge in [-0.3, -0.25) is 9.59 Å². The highest BCUT2D eigenvalue weighted by Gasteiger charge is 2.70. The molecule has 0 aromatic rings. The van der Waals surface area contributed by atoms with Gasteiger partial charge in [0.2, 0.25) is 0 Å². The van der Waals surface area contributed by atoms with Crippen molar-refractivity contribution in [2.45, 2.75) is 83.0 Å². The molecule has 0 amide bonds. The minimum absolute atomic E-state index is 0.00661. The molecule has 9 atom stereocenters. The maximum absolute atomic E-state index is 12.4. The Morgan fingerprint density at radius 2 is 1.84 bits per heavy atom. The molecule has 7 heteroatoms. The molecule has 0 aromatic carbocycles. The van der Waals surface area contributed by atoms with Gasteiger partial charge in [0.25, 0.3) is 12.9 Å². The first-order chi connectivity index (χ1) is 15.3. The molecule has 0 bridgehead atoms. The second-order valence-electron chi connectivity index (χ2n) is 11.3. The van der Waals surface area contributed by atoms with Gasteiger partial charge in [-0.25, -0.2) is 4.79 Å². The van der Waals surface area contributed by atoms with E-state index in [0.717, 1.165) is 50.5 Å². The summed E-state index contributed by atoms with van der Waals surface area (Å²) in [5.74, 6) is 0.403. The summed E-state index contributed by atoms with van der Waals surface area (Å²) in [6.45, 7) is 5.75. The van der Waals surface area contributed by atoms with Gasteiger partial charge in [0, 0.05) is 23.8 Å². The molecular formula is C25H34O7. The van der Waals surface area contributed by atoms with Crippen molar-refractivity contribution < 1.29 is 33.7 Å². The number of fused-ring (bicyclic) bond motifs is 5. The third-order valence-corrected chi connectivity index (χ3v) is 10.4. The second-order valence-corrected chi connectivity index (χ2v) is 11.3. The predicted molar refractivity (Wildman–Crippen MR) is 113 cm³/mol. The molecule has 0 unspecified atom stereocenters. The maximum atomic E-state index is 12.4. The average molecular weight is 447 g/mol. The zero-order valence-corrected chi connectivity index (χ0v) is 19.0. The van der Waals surface area contributed by atoms with Crippen LogP contribution in [-0.2, 0) is 28.6 Å². The lowest BCUT2D eigenvalue weighted by atomic mass is 9.43. The van der Waals surface area contributed by atoms with E-state index >= 15 is 0 Å². The highest BCUT2D eigenvalue weighted by Crippen LogP contribution is 2.70. The zero-order chi connectivity index (χ0) is 22.7. The molecule has 5 aliphatic rings. The molecule has 0 saturated heterocycles. The van der Waals surface area contributed by atoms with Gasteiger partial charge in [0.05, 0.1) is 5.60 Å². The maximum Gasteiger partial charge on any atom is 0.331 e. The van der Waals surface area contributed by atoms with Crippen LogP contribution in [0.3, 0.4) is 0 Å². The van der Waals surface area contributed by atoms with Crippen molar-refractivity contribution in [1.82, 2.24) is 0 Å². The van der Waals surface area contributed by atoms with Crippen LogP contribution >= 0.6 is 0 Å². The first-order valence-electron chi connectivity index (χ1n) is 12.0. The standard InChI is InChI=1S/C25H34O7/c1-23-7-5-17(31-13-26)10-16(23)3-4-19-18(23)6-8-24(2)22(15-9-21(28)30-12-15)20(32-14-27)11-25(19,24)29/h9,13-14,16-20,22,29H,3-8,10-12H2,1-2H3/t16-,17+,18+,19-,20+,22+,23+,24-,25+/m1/s1. The summed E-state index contributed by atoms with van der Waals surface area (Å²) in [6, 6.07) is 0. The Bertz CT molecular complexity index is 838. The molecule has 7 nitrogen and oxygen atoms in total. The number of hydrogen-bond donors (Lipinski definition) is 1. The Hall–Kier alpha value is -1.89. The van der Waals surface area contributed by atoms with Crippen molar-refractivity contribution >= 4 is 18.9 Å². The Balaban J connectivity index is 1.47. The molecule has 4 saturated carbocycles. The average Bonchev–Trinajstić information content (AvgIpc) is 3.26. The Morgan fingerprint density at radius 3 is 2.53 bits per heavy atom. The first-order valence-corrected chi connectivity index (χ1v) is 12.0. The summed E-state index contributed by atoms with van der Waals surface area (Å²) >= 11 is 0. The lowest BCUT2D eigenvalue weighted by Crippen LogP contribution is -2.62. The summed E-state index contributed by atoms with van der Waals surface area (Å²) in [4.78, 5) is 34.0. The van der Waals surface area contributed by atoms with Crippen molar-refractivity contribution in [3.8, 4) is 0 Å². The topological polar surface area (TPSA) is 99.1 Å². The summed E-state index contributed by atoms with van der Waals surface area (Å²) in [6.07, 6.45) is 7.99. The van der Waals surface area contributed by atoms with E-state index in [2.05, 4.69) is 13.8 Å². The fourth-order valence-corrected chi connectivity index (χ4v) is 8.82. The van der Waals surface area contributed by atoms with E-state index < -0.39 is 17.1 Å². The van der Waals surface area contributed by atoms with E-state index in [0.29, 0.717) is 31.2 Å². The number of carbonyl (C=O) groups is 3. The fraction of sp³-hybridized carbons (Fsp3) is 0.800. The minimum atomic E-state index is -0.967. The largest absolute Gasteiger partial charge is 0.465 e. The quantitative estimate of drug-likeness (QED) is 0.394. The van der Waals surface area contributed by atoms with Crippen LogP contribution in [0.4, 0.5) is 0 Å². The number of cyclic esters (lactones) is 1. The number of hydrogen-bond acceptors (Lipinski definition) is 7. The molecule has 0 radical (unpaired) electrons. The monoisotopic (exact) mass is 446 g/mol. The van der Waals surface area contributed by atoms with Crippen LogP contribution < -0.4 is 0 Å². The normalized spacial score (nSPS) is 49.7. The lowest BCUT2D eigenvalue weighted by Gasteiger charge is -2.63. The third kappa shape index (κ3) is 2.92. The Morgan fingerprint density at radius 1 is 1.06 bits per heavy atom. The summed E-state index contributed by atoms with van der Waals surface area (Å²) < 4.78 is 16.0. The molecule has 0 spiro atoms. The van der Waals surface area contributed by atoms with Gasteiger partial charge >= 0.3 is 5.97 Å². The van der Waals surface area contributed by atoms with Crippen LogP contribution in [0, 0.1) is 34.5 Å². The fourth-order valence-electron chi connectivity index (χ4n) is 8.82. The van der Waals surface area contributed by atoms with E-state index in [-0.39, 0.29) is 35.9 Å². The molecule has 32 heavy (non-hydrogen) atoms. The van der Waals surface area contributed by atoms with Crippen molar-refractivity contribution in [3.63, 3.8) is 0 Å². The molecule has 4 aliphatic carbocycles. The van der Waals surface area contributed by atoms with Crippen LogP contribution in [0.1, 0.15) is 65.2 Å². The predicted octanol–water partition coefficient (Wildman–Crippen LogP) is 2.94. The van der Waals surface area contributed by atoms with E-state index in [1.54, 1.807) is 0 Å². The SMILES string of the molecule is C[C@]12CC[C@H](OC=O)C[C@H]1CC[C@@H]1[C@@H]2CC[C@]2(C)[C@@H](C3=CC(=O)OC3)[C@@H](OC=O)C[C@]12O. The Kier molecular flexibility index (Phi) is 5.19. The van der Waals surface area contributed by atoms with Gasteiger partial charge in [0.15, 0.2) is 0 Å². The lowest BCUT2D eigenvalue weighted by molar-refractivity contribution is -0.209. The van der Waals surface area contributed by atoms with Crippen molar-refractivity contribution in [3.05, 3.63) is 11.6 Å². The third-order valence-electron chi connectivity index (χ3n) is 10.4. The van der Waals surface area contributed by atoms with Crippen LogP contribution in [-0.4, -0.2) is 48.4 Å². The van der Waals surface area contributed by atoms with E-state index in [1.807, 2.05) is 0 Å². The number of rotatable bonds is 5. The molecule has 4 fully saturated rings. The number of ether oxygens (including phenoxy) is 3. The minimum Gasteiger partial charge on any atom is -0.465 e. The van der Waals surface area contributed by atoms with E-state index in [4.69, 9.17) is 14.2 Å². The van der Waals surface area contributed by atoms with E-state index in [1.165, 1.54) is 6.08 Å². The molecule has 176 valence electrons. The zero-order valence-electron chi connectivity index (χ0n) is 19.0. The van der Waals surface area contributed by atoms with Crippen LogP contribution in [0.5, 0.6) is 0 Å². The van der Waals surface area contributed by atoms with Gasteiger partial charge in [-0.15, -0.1) is 0 Å². The molecule has 5 rings (SSSR count). The number of esters is 1. The van der Waals surface area contributed by atoms with E-state index in [9.17, 15) is 19.5 Å².